The van der Waals surface area contributed by atoms with E-state index in [9.17, 15) is 5.26 Å². The molecule has 0 unspecified atom stereocenters. The molecular weight excluding hydrogens is 222 g/mol. The molecule has 0 saturated carbocycles. The highest BCUT2D eigenvalue weighted by atomic mass is 15.2. The van der Waals surface area contributed by atoms with Crippen LogP contribution in [0.3, 0.4) is 0 Å². The van der Waals surface area contributed by atoms with Crippen LogP contribution in [0.5, 0.6) is 0 Å². The molecule has 0 aliphatic heterocycles. The highest BCUT2D eigenvalue weighted by molar-refractivity contribution is 5.57. The molecule has 92 valence electrons. The number of fused-ring (bicyclic) bond motifs is 1. The van der Waals surface area contributed by atoms with Crippen LogP contribution in [-0.4, -0.2) is 18.1 Å². The largest absolute Gasteiger partial charge is 0.345 e. The van der Waals surface area contributed by atoms with Crippen LogP contribution in [0.15, 0.2) is 6.07 Å². The first-order valence-electron chi connectivity index (χ1n) is 6.41. The Morgan fingerprint density at radius 3 is 2.89 bits per heavy atom. The van der Waals surface area contributed by atoms with Gasteiger partial charge >= 0.3 is 0 Å². The van der Waals surface area contributed by atoms with E-state index in [4.69, 9.17) is 6.42 Å². The van der Waals surface area contributed by atoms with Gasteiger partial charge in [-0.05, 0) is 44.2 Å². The summed E-state index contributed by atoms with van der Waals surface area (Å²) in [5.41, 5.74) is 3.02. The molecule has 0 saturated heterocycles. The number of nitriles is 1. The van der Waals surface area contributed by atoms with Crippen LogP contribution in [0, 0.1) is 23.7 Å². The van der Waals surface area contributed by atoms with Crippen LogP contribution in [0.4, 0.5) is 5.82 Å². The quantitative estimate of drug-likeness (QED) is 0.760. The van der Waals surface area contributed by atoms with E-state index < -0.39 is 0 Å². The standard InChI is InChI=1S/C15H17N3/c1-3-9-18(4-2)15-13(11-16)10-12-7-5-6-8-14(12)17-15/h1,10H,4-9H2,2H3. The maximum Gasteiger partial charge on any atom is 0.147 e. The number of pyridine rings is 1. The summed E-state index contributed by atoms with van der Waals surface area (Å²) in [6.07, 6.45) is 9.81. The summed E-state index contributed by atoms with van der Waals surface area (Å²) in [7, 11) is 0. The van der Waals surface area contributed by atoms with Gasteiger partial charge in [0.1, 0.15) is 11.9 Å². The summed E-state index contributed by atoms with van der Waals surface area (Å²) in [6.45, 7) is 3.29. The van der Waals surface area contributed by atoms with Crippen molar-refractivity contribution in [2.45, 2.75) is 32.6 Å². The molecule has 18 heavy (non-hydrogen) atoms. The third-order valence-electron chi connectivity index (χ3n) is 3.36. The fourth-order valence-electron chi connectivity index (χ4n) is 2.39. The molecule has 0 radical (unpaired) electrons. The zero-order valence-electron chi connectivity index (χ0n) is 10.7. The third kappa shape index (κ3) is 2.31. The second-order valence-electron chi connectivity index (χ2n) is 4.50. The highest BCUT2D eigenvalue weighted by Crippen LogP contribution is 2.26. The molecule has 0 fully saturated rings. The number of nitrogens with zero attached hydrogens (tertiary/aromatic N) is 3. The fourth-order valence-corrected chi connectivity index (χ4v) is 2.39. The van der Waals surface area contributed by atoms with Gasteiger partial charge in [-0.1, -0.05) is 5.92 Å². The van der Waals surface area contributed by atoms with Gasteiger partial charge in [0.2, 0.25) is 0 Å². The first-order valence-corrected chi connectivity index (χ1v) is 6.41. The Morgan fingerprint density at radius 2 is 2.22 bits per heavy atom. The Labute approximate surface area is 108 Å². The predicted octanol–water partition coefficient (Wildman–Crippen LogP) is 2.29. The van der Waals surface area contributed by atoms with Gasteiger partial charge in [0.25, 0.3) is 0 Å². The Morgan fingerprint density at radius 1 is 1.44 bits per heavy atom. The van der Waals surface area contributed by atoms with Crippen molar-refractivity contribution in [2.24, 2.45) is 0 Å². The van der Waals surface area contributed by atoms with Crippen molar-refractivity contribution < 1.29 is 0 Å². The molecule has 1 heterocycles. The molecule has 0 bridgehead atoms. The average molecular weight is 239 g/mol. The Kier molecular flexibility index (Phi) is 3.85. The van der Waals surface area contributed by atoms with E-state index >= 15 is 0 Å². The minimum absolute atomic E-state index is 0.497. The maximum atomic E-state index is 9.26. The first-order chi connectivity index (χ1) is 8.80. The van der Waals surface area contributed by atoms with Crippen molar-refractivity contribution in [3.05, 3.63) is 22.9 Å². The van der Waals surface area contributed by atoms with E-state index in [0.29, 0.717) is 12.1 Å². The number of anilines is 1. The molecule has 0 aromatic carbocycles. The van der Waals surface area contributed by atoms with Gasteiger partial charge in [0, 0.05) is 12.2 Å². The molecule has 0 spiro atoms. The third-order valence-corrected chi connectivity index (χ3v) is 3.36. The lowest BCUT2D eigenvalue weighted by atomic mass is 9.95. The number of hydrogen-bond donors (Lipinski definition) is 0. The van der Waals surface area contributed by atoms with Crippen LogP contribution in [0.1, 0.15) is 36.6 Å². The van der Waals surface area contributed by atoms with E-state index in [1.807, 2.05) is 17.9 Å². The Balaban J connectivity index is 2.46. The summed E-state index contributed by atoms with van der Waals surface area (Å²) in [5.74, 6) is 3.37. The molecule has 1 aromatic rings. The van der Waals surface area contributed by atoms with Crippen LogP contribution < -0.4 is 4.90 Å². The van der Waals surface area contributed by atoms with Crippen molar-refractivity contribution >= 4 is 5.82 Å². The smallest absolute Gasteiger partial charge is 0.147 e. The molecule has 3 nitrogen and oxygen atoms in total. The molecular formula is C15H17N3. The Hall–Kier alpha value is -2.00. The summed E-state index contributed by atoms with van der Waals surface area (Å²) in [5, 5.41) is 9.26. The number of aromatic nitrogens is 1. The lowest BCUT2D eigenvalue weighted by Gasteiger charge is -2.23. The normalized spacial score (nSPS) is 13.3. The van der Waals surface area contributed by atoms with Crippen LogP contribution >= 0.6 is 0 Å². The number of terminal acetylenes is 1. The van der Waals surface area contributed by atoms with E-state index in [1.165, 1.54) is 18.4 Å². The number of aryl methyl sites for hydroxylation is 2. The van der Waals surface area contributed by atoms with Crippen LogP contribution in [0.25, 0.3) is 0 Å². The molecule has 0 amide bonds. The fraction of sp³-hybridized carbons (Fsp3) is 0.467. The summed E-state index contributed by atoms with van der Waals surface area (Å²) in [6, 6.07) is 4.24. The second kappa shape index (κ2) is 5.56. The van der Waals surface area contributed by atoms with Gasteiger partial charge in [-0.25, -0.2) is 4.98 Å². The molecule has 0 atom stereocenters. The van der Waals surface area contributed by atoms with Gasteiger partial charge in [-0.15, -0.1) is 6.42 Å². The Bertz CT molecular complexity index is 520. The monoisotopic (exact) mass is 239 g/mol. The van der Waals surface area contributed by atoms with Crippen molar-refractivity contribution in [2.75, 3.05) is 18.0 Å². The van der Waals surface area contributed by atoms with Crippen molar-refractivity contribution in [3.8, 4) is 18.4 Å². The lowest BCUT2D eigenvalue weighted by Crippen LogP contribution is -2.26. The summed E-state index contributed by atoms with van der Waals surface area (Å²) < 4.78 is 0. The second-order valence-corrected chi connectivity index (χ2v) is 4.50. The molecule has 1 aliphatic rings. The van der Waals surface area contributed by atoms with E-state index in [0.717, 1.165) is 30.9 Å². The minimum Gasteiger partial charge on any atom is -0.345 e. The predicted molar refractivity (Wildman–Crippen MR) is 72.3 cm³/mol. The van der Waals surface area contributed by atoms with Gasteiger partial charge in [-0.2, -0.15) is 5.26 Å². The molecule has 1 aliphatic carbocycles. The zero-order chi connectivity index (χ0) is 13.0. The minimum atomic E-state index is 0.497. The summed E-state index contributed by atoms with van der Waals surface area (Å²) >= 11 is 0. The number of hydrogen-bond acceptors (Lipinski definition) is 3. The van der Waals surface area contributed by atoms with Gasteiger partial charge in [0.05, 0.1) is 12.1 Å². The SMILES string of the molecule is C#CCN(CC)c1nc2c(cc1C#N)CCCC2. The highest BCUT2D eigenvalue weighted by Gasteiger charge is 2.17. The summed E-state index contributed by atoms with van der Waals surface area (Å²) in [4.78, 5) is 6.66. The van der Waals surface area contributed by atoms with E-state index in [1.54, 1.807) is 0 Å². The van der Waals surface area contributed by atoms with Crippen LogP contribution in [0.2, 0.25) is 0 Å². The molecule has 2 rings (SSSR count). The average Bonchev–Trinajstić information content (AvgIpc) is 2.43. The van der Waals surface area contributed by atoms with Crippen LogP contribution in [-0.2, 0) is 12.8 Å². The van der Waals surface area contributed by atoms with Crippen molar-refractivity contribution in [1.82, 2.24) is 4.98 Å². The van der Waals surface area contributed by atoms with E-state index in [2.05, 4.69) is 17.0 Å². The lowest BCUT2D eigenvalue weighted by molar-refractivity contribution is 0.665. The molecule has 3 heteroatoms. The first kappa shape index (κ1) is 12.5. The number of rotatable bonds is 3. The van der Waals surface area contributed by atoms with Gasteiger partial charge in [0.15, 0.2) is 0 Å². The molecule has 1 aromatic heterocycles. The maximum absolute atomic E-state index is 9.26. The van der Waals surface area contributed by atoms with Gasteiger partial charge < -0.3 is 4.90 Å². The van der Waals surface area contributed by atoms with Crippen molar-refractivity contribution in [1.29, 1.82) is 5.26 Å². The molecule has 0 N–H and O–H groups in total. The van der Waals surface area contributed by atoms with E-state index in [-0.39, 0.29) is 0 Å². The topological polar surface area (TPSA) is 39.9 Å². The van der Waals surface area contributed by atoms with Gasteiger partial charge in [-0.3, -0.25) is 0 Å². The zero-order valence-corrected chi connectivity index (χ0v) is 10.7. The van der Waals surface area contributed by atoms with Crippen molar-refractivity contribution in [3.63, 3.8) is 0 Å².